The molecule has 0 aliphatic heterocycles. The average molecular weight is 283 g/mol. The standard InChI is InChI=1S/C16H17N3O2/c1-11-9-14(7-6-13(11)5-4-8-20)18-16(21)15-10-17-19(3)12(15)2/h6-7,9-10,20H,8H2,1-3H3,(H,18,21). The number of carbonyl (C=O) groups excluding carboxylic acids is 1. The van der Waals surface area contributed by atoms with Crippen LogP contribution in [-0.4, -0.2) is 27.4 Å². The lowest BCUT2D eigenvalue weighted by Crippen LogP contribution is -2.13. The normalized spacial score (nSPS) is 9.90. The number of rotatable bonds is 2. The first-order chi connectivity index (χ1) is 10.0. The Bertz CT molecular complexity index is 736. The van der Waals surface area contributed by atoms with Gasteiger partial charge < -0.3 is 10.4 Å². The molecule has 0 bridgehead atoms. The fraction of sp³-hybridized carbons (Fsp3) is 0.250. The lowest BCUT2D eigenvalue weighted by molar-refractivity contribution is 0.102. The molecule has 0 atom stereocenters. The Labute approximate surface area is 123 Å². The highest BCUT2D eigenvalue weighted by Gasteiger charge is 2.13. The molecule has 1 aromatic carbocycles. The number of aromatic nitrogens is 2. The first-order valence-electron chi connectivity index (χ1n) is 6.53. The lowest BCUT2D eigenvalue weighted by Gasteiger charge is -2.07. The molecular weight excluding hydrogens is 266 g/mol. The smallest absolute Gasteiger partial charge is 0.259 e. The summed E-state index contributed by atoms with van der Waals surface area (Å²) in [5.74, 6) is 5.28. The van der Waals surface area contributed by atoms with Crippen molar-refractivity contribution in [3.63, 3.8) is 0 Å². The summed E-state index contributed by atoms with van der Waals surface area (Å²) in [5, 5.41) is 15.6. The fourth-order valence-electron chi connectivity index (χ4n) is 1.94. The molecule has 0 radical (unpaired) electrons. The van der Waals surface area contributed by atoms with Gasteiger partial charge in [0.25, 0.3) is 5.91 Å². The number of anilines is 1. The van der Waals surface area contributed by atoms with Gasteiger partial charge in [0.15, 0.2) is 0 Å². The van der Waals surface area contributed by atoms with Crippen LogP contribution in [0.15, 0.2) is 24.4 Å². The Morgan fingerprint density at radius 2 is 2.19 bits per heavy atom. The number of amides is 1. The molecule has 0 saturated heterocycles. The molecule has 1 amide bonds. The van der Waals surface area contributed by atoms with E-state index in [4.69, 9.17) is 5.11 Å². The lowest BCUT2D eigenvalue weighted by atomic mass is 10.1. The Morgan fingerprint density at radius 3 is 2.76 bits per heavy atom. The summed E-state index contributed by atoms with van der Waals surface area (Å²) in [7, 11) is 1.80. The number of aryl methyl sites for hydroxylation is 2. The molecule has 21 heavy (non-hydrogen) atoms. The zero-order valence-electron chi connectivity index (χ0n) is 12.3. The van der Waals surface area contributed by atoms with Crippen LogP contribution >= 0.6 is 0 Å². The van der Waals surface area contributed by atoms with E-state index in [0.717, 1.165) is 16.8 Å². The van der Waals surface area contributed by atoms with Crippen LogP contribution in [0.25, 0.3) is 0 Å². The minimum atomic E-state index is -0.186. The molecule has 2 N–H and O–H groups in total. The van der Waals surface area contributed by atoms with E-state index in [9.17, 15) is 4.79 Å². The summed E-state index contributed by atoms with van der Waals surface area (Å²) in [6.07, 6.45) is 1.55. The maximum absolute atomic E-state index is 12.2. The molecule has 0 saturated carbocycles. The van der Waals surface area contributed by atoms with Gasteiger partial charge in [0.05, 0.1) is 11.8 Å². The van der Waals surface area contributed by atoms with Crippen molar-refractivity contribution in [1.29, 1.82) is 0 Å². The molecule has 0 aliphatic rings. The van der Waals surface area contributed by atoms with Crippen molar-refractivity contribution in [2.24, 2.45) is 7.05 Å². The molecule has 2 aromatic rings. The Hall–Kier alpha value is -2.58. The molecular formula is C16H17N3O2. The van der Waals surface area contributed by atoms with Crippen molar-refractivity contribution < 1.29 is 9.90 Å². The van der Waals surface area contributed by atoms with Crippen LogP contribution in [-0.2, 0) is 7.05 Å². The van der Waals surface area contributed by atoms with E-state index in [-0.39, 0.29) is 12.5 Å². The second-order valence-corrected chi connectivity index (χ2v) is 4.71. The van der Waals surface area contributed by atoms with Crippen LogP contribution in [0.5, 0.6) is 0 Å². The van der Waals surface area contributed by atoms with Gasteiger partial charge in [-0.1, -0.05) is 11.8 Å². The monoisotopic (exact) mass is 283 g/mol. The van der Waals surface area contributed by atoms with Crippen LogP contribution in [0.3, 0.4) is 0 Å². The van der Waals surface area contributed by atoms with Gasteiger partial charge in [-0.15, -0.1) is 0 Å². The molecule has 108 valence electrons. The highest BCUT2D eigenvalue weighted by molar-refractivity contribution is 6.04. The van der Waals surface area contributed by atoms with Crippen molar-refractivity contribution in [1.82, 2.24) is 9.78 Å². The molecule has 5 heteroatoms. The van der Waals surface area contributed by atoms with E-state index in [1.54, 1.807) is 24.0 Å². The number of benzene rings is 1. The number of hydrogen-bond acceptors (Lipinski definition) is 3. The van der Waals surface area contributed by atoms with Crippen molar-refractivity contribution in [3.05, 3.63) is 46.8 Å². The van der Waals surface area contributed by atoms with Gasteiger partial charge in [-0.3, -0.25) is 9.48 Å². The topological polar surface area (TPSA) is 67.2 Å². The van der Waals surface area contributed by atoms with Crippen LogP contribution in [0, 0.1) is 25.7 Å². The highest BCUT2D eigenvalue weighted by Crippen LogP contribution is 2.16. The maximum atomic E-state index is 12.2. The third-order valence-electron chi connectivity index (χ3n) is 3.27. The summed E-state index contributed by atoms with van der Waals surface area (Å²) in [6, 6.07) is 5.46. The van der Waals surface area contributed by atoms with Crippen molar-refractivity contribution >= 4 is 11.6 Å². The summed E-state index contributed by atoms with van der Waals surface area (Å²) >= 11 is 0. The zero-order chi connectivity index (χ0) is 15.4. The number of nitrogens with zero attached hydrogens (tertiary/aromatic N) is 2. The molecule has 1 aromatic heterocycles. The van der Waals surface area contributed by atoms with Crippen molar-refractivity contribution in [3.8, 4) is 11.8 Å². The van der Waals surface area contributed by atoms with Crippen molar-refractivity contribution in [2.75, 3.05) is 11.9 Å². The second-order valence-electron chi connectivity index (χ2n) is 4.71. The Morgan fingerprint density at radius 1 is 1.43 bits per heavy atom. The summed E-state index contributed by atoms with van der Waals surface area (Å²) < 4.78 is 1.66. The number of aliphatic hydroxyl groups is 1. The second kappa shape index (κ2) is 6.25. The summed E-state index contributed by atoms with van der Waals surface area (Å²) in [6.45, 7) is 3.59. The number of carbonyl (C=O) groups is 1. The largest absolute Gasteiger partial charge is 0.384 e. The summed E-state index contributed by atoms with van der Waals surface area (Å²) in [5.41, 5.74) is 3.85. The van der Waals surface area contributed by atoms with Crippen molar-refractivity contribution in [2.45, 2.75) is 13.8 Å². The predicted octanol–water partition coefficient (Wildman–Crippen LogP) is 1.63. The number of nitrogens with one attached hydrogen (secondary N) is 1. The minimum absolute atomic E-state index is 0.168. The maximum Gasteiger partial charge on any atom is 0.259 e. The Kier molecular flexibility index (Phi) is 4.41. The molecule has 2 rings (SSSR count). The molecule has 0 aliphatic carbocycles. The van der Waals surface area contributed by atoms with Crippen LogP contribution < -0.4 is 5.32 Å². The third kappa shape index (κ3) is 3.30. The summed E-state index contributed by atoms with van der Waals surface area (Å²) in [4.78, 5) is 12.2. The number of hydrogen-bond donors (Lipinski definition) is 2. The van der Waals surface area contributed by atoms with E-state index in [2.05, 4.69) is 22.3 Å². The molecule has 1 heterocycles. The Balaban J connectivity index is 2.19. The van der Waals surface area contributed by atoms with Gasteiger partial charge in [0.2, 0.25) is 0 Å². The van der Waals surface area contributed by atoms with E-state index in [0.29, 0.717) is 11.3 Å². The first kappa shape index (κ1) is 14.8. The van der Waals surface area contributed by atoms with E-state index in [1.165, 1.54) is 0 Å². The SMILES string of the molecule is Cc1cc(NC(=O)c2cnn(C)c2C)ccc1C#CCO. The average Bonchev–Trinajstić information content (AvgIpc) is 2.78. The van der Waals surface area contributed by atoms with Crippen LogP contribution in [0.4, 0.5) is 5.69 Å². The highest BCUT2D eigenvalue weighted by atomic mass is 16.2. The third-order valence-corrected chi connectivity index (χ3v) is 3.27. The quantitative estimate of drug-likeness (QED) is 0.823. The van der Waals surface area contributed by atoms with Gasteiger partial charge in [0.1, 0.15) is 6.61 Å². The minimum Gasteiger partial charge on any atom is -0.384 e. The van der Waals surface area contributed by atoms with Gasteiger partial charge in [0, 0.05) is 24.0 Å². The van der Waals surface area contributed by atoms with Gasteiger partial charge in [-0.05, 0) is 37.6 Å². The van der Waals surface area contributed by atoms with Crippen LogP contribution in [0.1, 0.15) is 27.2 Å². The van der Waals surface area contributed by atoms with Gasteiger partial charge in [-0.25, -0.2) is 0 Å². The first-order valence-corrected chi connectivity index (χ1v) is 6.53. The predicted molar refractivity (Wildman–Crippen MR) is 81.0 cm³/mol. The van der Waals surface area contributed by atoms with Gasteiger partial charge >= 0.3 is 0 Å². The van der Waals surface area contributed by atoms with Crippen LogP contribution in [0.2, 0.25) is 0 Å². The molecule has 0 spiro atoms. The van der Waals surface area contributed by atoms with E-state index < -0.39 is 0 Å². The zero-order valence-corrected chi connectivity index (χ0v) is 12.3. The molecule has 5 nitrogen and oxygen atoms in total. The van der Waals surface area contributed by atoms with Gasteiger partial charge in [-0.2, -0.15) is 5.10 Å². The molecule has 0 fully saturated rings. The fourth-order valence-corrected chi connectivity index (χ4v) is 1.94. The molecule has 0 unspecified atom stereocenters. The van der Waals surface area contributed by atoms with E-state index in [1.807, 2.05) is 26.0 Å². The van der Waals surface area contributed by atoms with E-state index >= 15 is 0 Å². The number of aliphatic hydroxyl groups excluding tert-OH is 1.